The number of fused-ring (bicyclic) bond motifs is 1. The molecule has 19 heavy (non-hydrogen) atoms. The minimum Gasteiger partial charge on any atom is -0.439 e. The average molecular weight is 261 g/mol. The number of nitrogens with one attached hydrogen (secondary N) is 1. The summed E-state index contributed by atoms with van der Waals surface area (Å²) in [6.07, 6.45) is 1.27. The van der Waals surface area contributed by atoms with Gasteiger partial charge < -0.3 is 10.5 Å². The molecule has 0 saturated heterocycles. The molecule has 2 aromatic heterocycles. The third-order valence-corrected chi connectivity index (χ3v) is 2.48. The maximum Gasteiger partial charge on any atom is 0.348 e. The van der Waals surface area contributed by atoms with Crippen molar-refractivity contribution < 1.29 is 9.13 Å². The second kappa shape index (κ2) is 4.09. The lowest BCUT2D eigenvalue weighted by Crippen LogP contribution is -2.09. The van der Waals surface area contributed by atoms with Gasteiger partial charge in [-0.25, -0.2) is 23.7 Å². The van der Waals surface area contributed by atoms with Gasteiger partial charge in [0.2, 0.25) is 5.88 Å². The molecule has 0 bridgehead atoms. The Morgan fingerprint density at radius 1 is 1.37 bits per heavy atom. The van der Waals surface area contributed by atoms with Crippen LogP contribution in [0.1, 0.15) is 0 Å². The number of hydrogen-bond acceptors (Lipinski definition) is 5. The number of anilines is 1. The van der Waals surface area contributed by atoms with E-state index in [0.717, 1.165) is 6.07 Å². The molecule has 1 aromatic carbocycles. The van der Waals surface area contributed by atoms with Gasteiger partial charge >= 0.3 is 5.69 Å². The van der Waals surface area contributed by atoms with Crippen LogP contribution in [-0.2, 0) is 0 Å². The fourth-order valence-corrected chi connectivity index (χ4v) is 1.54. The van der Waals surface area contributed by atoms with E-state index in [1.807, 2.05) is 0 Å². The van der Waals surface area contributed by atoms with Crippen molar-refractivity contribution in [1.82, 2.24) is 19.6 Å². The van der Waals surface area contributed by atoms with Crippen LogP contribution in [0.25, 0.3) is 5.65 Å². The van der Waals surface area contributed by atoms with Gasteiger partial charge in [0.25, 0.3) is 0 Å². The molecular formula is C11H8FN5O2. The van der Waals surface area contributed by atoms with Gasteiger partial charge in [0, 0.05) is 12.1 Å². The van der Waals surface area contributed by atoms with E-state index in [4.69, 9.17) is 10.5 Å². The van der Waals surface area contributed by atoms with E-state index in [9.17, 15) is 9.18 Å². The second-order valence-corrected chi connectivity index (χ2v) is 3.77. The van der Waals surface area contributed by atoms with Gasteiger partial charge in [0.15, 0.2) is 5.65 Å². The number of ether oxygens (including phenoxy) is 1. The Kier molecular flexibility index (Phi) is 2.41. The normalized spacial score (nSPS) is 10.8. The van der Waals surface area contributed by atoms with Crippen LogP contribution in [0.15, 0.2) is 35.4 Å². The Hall–Kier alpha value is -2.90. The quantitative estimate of drug-likeness (QED) is 0.669. The summed E-state index contributed by atoms with van der Waals surface area (Å²) in [5, 5.41) is 6.03. The number of rotatable bonds is 2. The highest BCUT2D eigenvalue weighted by Crippen LogP contribution is 2.23. The maximum atomic E-state index is 13.3. The number of nitrogens with two attached hydrogens (primary N) is 1. The van der Waals surface area contributed by atoms with E-state index < -0.39 is 11.5 Å². The zero-order chi connectivity index (χ0) is 13.4. The van der Waals surface area contributed by atoms with Gasteiger partial charge in [-0.1, -0.05) is 0 Å². The first-order valence-electron chi connectivity index (χ1n) is 5.29. The molecule has 96 valence electrons. The van der Waals surface area contributed by atoms with Crippen LogP contribution in [-0.4, -0.2) is 19.6 Å². The summed E-state index contributed by atoms with van der Waals surface area (Å²) in [6.45, 7) is 0. The Bertz CT molecular complexity index is 810. The van der Waals surface area contributed by atoms with E-state index in [1.165, 1.54) is 28.9 Å². The Balaban J connectivity index is 1.96. The number of H-pyrrole nitrogens is 1. The third-order valence-electron chi connectivity index (χ3n) is 2.48. The molecule has 3 aromatic rings. The maximum absolute atomic E-state index is 13.3. The van der Waals surface area contributed by atoms with Crippen LogP contribution in [0.4, 0.5) is 10.1 Å². The molecule has 0 amide bonds. The third kappa shape index (κ3) is 1.99. The summed E-state index contributed by atoms with van der Waals surface area (Å²) in [5.41, 5.74) is 5.35. The molecule has 7 nitrogen and oxygen atoms in total. The van der Waals surface area contributed by atoms with Gasteiger partial charge in [-0.3, -0.25) is 0 Å². The minimum atomic E-state index is -0.574. The summed E-state index contributed by atoms with van der Waals surface area (Å²) in [5.74, 6) is -0.133. The van der Waals surface area contributed by atoms with E-state index in [2.05, 4.69) is 15.2 Å². The molecule has 0 unspecified atom stereocenters. The van der Waals surface area contributed by atoms with Crippen LogP contribution in [0.5, 0.6) is 11.6 Å². The molecule has 3 N–H and O–H groups in total. The largest absolute Gasteiger partial charge is 0.439 e. The van der Waals surface area contributed by atoms with Crippen molar-refractivity contribution in [1.29, 1.82) is 0 Å². The Morgan fingerprint density at radius 3 is 3.00 bits per heavy atom. The van der Waals surface area contributed by atoms with Crippen molar-refractivity contribution in [2.45, 2.75) is 0 Å². The minimum absolute atomic E-state index is 0.0367. The first-order chi connectivity index (χ1) is 9.13. The van der Waals surface area contributed by atoms with Crippen molar-refractivity contribution in [3.05, 3.63) is 46.9 Å². The molecule has 2 heterocycles. The fourth-order valence-electron chi connectivity index (χ4n) is 1.54. The number of nitrogens with zero attached hydrogens (tertiary/aromatic N) is 3. The predicted octanol–water partition coefficient (Wildman–Crippen LogP) is 0.931. The number of benzene rings is 1. The molecule has 3 rings (SSSR count). The standard InChI is InChI=1S/C11H8FN5O2/c12-7-3-6(1-2-8(7)13)19-10-4-9-15-16-11(18)17(9)5-14-10/h1-5H,13H2,(H,16,18). The van der Waals surface area contributed by atoms with Crippen LogP contribution < -0.4 is 16.2 Å². The van der Waals surface area contributed by atoms with Gasteiger partial charge in [-0.2, -0.15) is 5.10 Å². The summed E-state index contributed by atoms with van der Waals surface area (Å²) in [4.78, 5) is 15.1. The zero-order valence-corrected chi connectivity index (χ0v) is 9.50. The zero-order valence-electron chi connectivity index (χ0n) is 9.50. The van der Waals surface area contributed by atoms with E-state index in [-0.39, 0.29) is 17.3 Å². The SMILES string of the molecule is Nc1ccc(Oc2cc3n[nH]c(=O)n3cn2)cc1F. The lowest BCUT2D eigenvalue weighted by molar-refractivity contribution is 0.457. The highest BCUT2D eigenvalue weighted by Gasteiger charge is 2.06. The number of nitrogen functional groups attached to an aromatic ring is 1. The van der Waals surface area contributed by atoms with Crippen LogP contribution in [0.2, 0.25) is 0 Å². The van der Waals surface area contributed by atoms with Crippen molar-refractivity contribution in [2.24, 2.45) is 0 Å². The number of aromatic amines is 1. The molecule has 0 saturated carbocycles. The molecule has 0 spiro atoms. The lowest BCUT2D eigenvalue weighted by Gasteiger charge is -2.05. The van der Waals surface area contributed by atoms with Crippen molar-refractivity contribution >= 4 is 11.3 Å². The summed E-state index contributed by atoms with van der Waals surface area (Å²) < 4.78 is 19.8. The van der Waals surface area contributed by atoms with Crippen LogP contribution in [0, 0.1) is 5.82 Å². The van der Waals surface area contributed by atoms with Gasteiger partial charge in [-0.15, -0.1) is 0 Å². The fraction of sp³-hybridized carbons (Fsp3) is 0. The number of halogens is 1. The smallest absolute Gasteiger partial charge is 0.348 e. The van der Waals surface area contributed by atoms with Crippen molar-refractivity contribution in [2.75, 3.05) is 5.73 Å². The molecule has 0 aliphatic heterocycles. The van der Waals surface area contributed by atoms with E-state index in [1.54, 1.807) is 0 Å². The second-order valence-electron chi connectivity index (χ2n) is 3.77. The van der Waals surface area contributed by atoms with E-state index >= 15 is 0 Å². The summed E-state index contributed by atoms with van der Waals surface area (Å²) >= 11 is 0. The lowest BCUT2D eigenvalue weighted by atomic mass is 10.3. The highest BCUT2D eigenvalue weighted by atomic mass is 19.1. The first kappa shape index (κ1) is 11.2. The van der Waals surface area contributed by atoms with Crippen LogP contribution >= 0.6 is 0 Å². The summed E-state index contributed by atoms with van der Waals surface area (Å²) in [7, 11) is 0. The summed E-state index contributed by atoms with van der Waals surface area (Å²) in [6, 6.07) is 5.51. The first-order valence-corrected chi connectivity index (χ1v) is 5.29. The highest BCUT2D eigenvalue weighted by molar-refractivity contribution is 5.45. The van der Waals surface area contributed by atoms with Crippen molar-refractivity contribution in [3.8, 4) is 11.6 Å². The molecule has 0 radical (unpaired) electrons. The molecule has 0 atom stereocenters. The molecule has 0 aliphatic rings. The Labute approximate surface area is 105 Å². The van der Waals surface area contributed by atoms with Crippen molar-refractivity contribution in [3.63, 3.8) is 0 Å². The molecule has 0 aliphatic carbocycles. The van der Waals surface area contributed by atoms with Gasteiger partial charge in [0.05, 0.1) is 5.69 Å². The Morgan fingerprint density at radius 2 is 2.21 bits per heavy atom. The monoisotopic (exact) mass is 261 g/mol. The van der Waals surface area contributed by atoms with Gasteiger partial charge in [0.1, 0.15) is 17.9 Å². The van der Waals surface area contributed by atoms with Crippen LogP contribution in [0.3, 0.4) is 0 Å². The number of hydrogen-bond donors (Lipinski definition) is 2. The number of aromatic nitrogens is 4. The molecule has 8 heteroatoms. The molecule has 0 fully saturated rings. The molecular weight excluding hydrogens is 253 g/mol. The van der Waals surface area contributed by atoms with Gasteiger partial charge in [-0.05, 0) is 12.1 Å². The van der Waals surface area contributed by atoms with E-state index in [0.29, 0.717) is 5.65 Å². The topological polar surface area (TPSA) is 98.3 Å². The average Bonchev–Trinajstić information content (AvgIpc) is 2.75. The predicted molar refractivity (Wildman–Crippen MR) is 64.5 cm³/mol.